The molecule has 0 amide bonds. The second-order valence-electron chi connectivity index (χ2n) is 5.27. The van der Waals surface area contributed by atoms with Crippen LogP contribution in [0.2, 0.25) is 0 Å². The maximum Gasteiger partial charge on any atom is 0.198 e. The number of hydrogen-bond acceptors (Lipinski definition) is 4. The zero-order chi connectivity index (χ0) is 15.6. The van der Waals surface area contributed by atoms with Gasteiger partial charge in [0.15, 0.2) is 5.62 Å². The molecule has 0 fully saturated rings. The van der Waals surface area contributed by atoms with Crippen molar-refractivity contribution in [1.29, 1.82) is 0 Å². The molecular formula is C18H14ClN3S. The van der Waals surface area contributed by atoms with E-state index in [0.717, 1.165) is 16.3 Å². The number of aromatic nitrogens is 1. The first kappa shape index (κ1) is 14.4. The number of thiophene rings is 1. The molecule has 3 nitrogen and oxygen atoms in total. The van der Waals surface area contributed by atoms with Crippen LogP contribution in [-0.2, 0) is 6.54 Å². The van der Waals surface area contributed by atoms with E-state index in [1.807, 2.05) is 30.5 Å². The Morgan fingerprint density at radius 1 is 1.09 bits per heavy atom. The Labute approximate surface area is 143 Å². The van der Waals surface area contributed by atoms with Gasteiger partial charge in [-0.05, 0) is 17.7 Å². The number of benzene rings is 1. The van der Waals surface area contributed by atoms with E-state index in [-0.39, 0.29) is 0 Å². The quantitative estimate of drug-likeness (QED) is 0.508. The number of nitrogens with zero attached hydrogens (tertiary/aromatic N) is 3. The van der Waals surface area contributed by atoms with Crippen LogP contribution in [0.1, 0.15) is 11.3 Å². The molecule has 23 heavy (non-hydrogen) atoms. The number of fused-ring (bicyclic) bond motifs is 1. The van der Waals surface area contributed by atoms with Gasteiger partial charge in [-0.1, -0.05) is 48.0 Å². The van der Waals surface area contributed by atoms with Crippen molar-refractivity contribution < 1.29 is 0 Å². The summed E-state index contributed by atoms with van der Waals surface area (Å²) in [6.07, 6.45) is 3.69. The van der Waals surface area contributed by atoms with Gasteiger partial charge in [0.2, 0.25) is 0 Å². The highest BCUT2D eigenvalue weighted by Crippen LogP contribution is 2.40. The molecule has 4 rings (SSSR count). The Bertz CT molecular complexity index is 830. The molecule has 0 spiro atoms. The maximum atomic E-state index is 6.42. The van der Waals surface area contributed by atoms with E-state index < -0.39 is 5.62 Å². The number of anilines is 1. The predicted octanol–water partition coefficient (Wildman–Crippen LogP) is 4.77. The van der Waals surface area contributed by atoms with Crippen LogP contribution in [0.4, 0.5) is 5.00 Å². The third kappa shape index (κ3) is 2.76. The van der Waals surface area contributed by atoms with Gasteiger partial charge in [-0.15, -0.1) is 11.3 Å². The summed E-state index contributed by atoms with van der Waals surface area (Å²) in [4.78, 5) is 10.9. The summed E-state index contributed by atoms with van der Waals surface area (Å²) in [7, 11) is 0. The van der Waals surface area contributed by atoms with Gasteiger partial charge in [0.25, 0.3) is 0 Å². The van der Waals surface area contributed by atoms with E-state index in [9.17, 15) is 0 Å². The Kier molecular flexibility index (Phi) is 3.85. The first-order valence-electron chi connectivity index (χ1n) is 7.33. The highest BCUT2D eigenvalue weighted by molar-refractivity contribution is 7.15. The second-order valence-corrected chi connectivity index (χ2v) is 6.52. The van der Waals surface area contributed by atoms with Gasteiger partial charge < -0.3 is 4.90 Å². The van der Waals surface area contributed by atoms with Gasteiger partial charge in [-0.2, -0.15) is 0 Å². The van der Waals surface area contributed by atoms with Crippen LogP contribution in [0.3, 0.4) is 0 Å². The van der Waals surface area contributed by atoms with Crippen molar-refractivity contribution in [3.8, 4) is 11.1 Å². The van der Waals surface area contributed by atoms with Gasteiger partial charge in [0, 0.05) is 28.9 Å². The molecule has 1 aliphatic heterocycles. The largest absolute Gasteiger partial charge is 0.322 e. The SMILES string of the molecule is ClC1N=Cc2c(-c3ccccc3)csc2N1Cc1ccccn1. The molecule has 1 atom stereocenters. The summed E-state index contributed by atoms with van der Waals surface area (Å²) in [6.45, 7) is 0.647. The van der Waals surface area contributed by atoms with Gasteiger partial charge in [0.1, 0.15) is 5.00 Å². The van der Waals surface area contributed by atoms with Gasteiger partial charge in [-0.3, -0.25) is 9.98 Å². The topological polar surface area (TPSA) is 28.5 Å². The normalized spacial score (nSPS) is 16.4. The van der Waals surface area contributed by atoms with E-state index in [2.05, 4.69) is 44.5 Å². The van der Waals surface area contributed by atoms with Crippen molar-refractivity contribution in [3.05, 3.63) is 71.4 Å². The minimum absolute atomic E-state index is 0.397. The fourth-order valence-corrected chi connectivity index (χ4v) is 4.03. The molecule has 5 heteroatoms. The van der Waals surface area contributed by atoms with Crippen molar-refractivity contribution in [2.75, 3.05) is 4.90 Å². The Balaban J connectivity index is 1.72. The number of alkyl halides is 1. The lowest BCUT2D eigenvalue weighted by molar-refractivity contribution is 0.750. The first-order valence-corrected chi connectivity index (χ1v) is 8.65. The predicted molar refractivity (Wildman–Crippen MR) is 97.4 cm³/mol. The summed E-state index contributed by atoms with van der Waals surface area (Å²) >= 11 is 8.12. The molecule has 0 radical (unpaired) electrons. The van der Waals surface area contributed by atoms with Crippen molar-refractivity contribution >= 4 is 34.2 Å². The molecule has 114 valence electrons. The van der Waals surface area contributed by atoms with Crippen LogP contribution in [0.15, 0.2) is 65.1 Å². The minimum Gasteiger partial charge on any atom is -0.322 e. The van der Waals surface area contributed by atoms with Crippen LogP contribution >= 0.6 is 22.9 Å². The number of hydrogen-bond donors (Lipinski definition) is 0. The van der Waals surface area contributed by atoms with Gasteiger partial charge in [0.05, 0.1) is 12.2 Å². The first-order chi connectivity index (χ1) is 11.3. The third-order valence-corrected chi connectivity index (χ3v) is 5.18. The molecular weight excluding hydrogens is 326 g/mol. The van der Waals surface area contributed by atoms with E-state index >= 15 is 0 Å². The minimum atomic E-state index is -0.397. The summed E-state index contributed by atoms with van der Waals surface area (Å²) in [5.74, 6) is 0. The number of halogens is 1. The zero-order valence-electron chi connectivity index (χ0n) is 12.3. The molecule has 1 unspecified atom stereocenters. The number of pyridine rings is 1. The van der Waals surface area contributed by atoms with Crippen LogP contribution < -0.4 is 4.90 Å². The molecule has 3 aromatic rings. The fourth-order valence-electron chi connectivity index (χ4n) is 2.67. The van der Waals surface area contributed by atoms with Crippen molar-refractivity contribution in [2.45, 2.75) is 12.2 Å². The third-order valence-electron chi connectivity index (χ3n) is 3.80. The highest BCUT2D eigenvalue weighted by Gasteiger charge is 2.26. The molecule has 0 N–H and O–H groups in total. The summed E-state index contributed by atoms with van der Waals surface area (Å²) in [5.41, 5.74) is 4.11. The summed E-state index contributed by atoms with van der Waals surface area (Å²) < 4.78 is 0. The van der Waals surface area contributed by atoms with Crippen LogP contribution in [0.5, 0.6) is 0 Å². The zero-order valence-corrected chi connectivity index (χ0v) is 13.8. The summed E-state index contributed by atoms with van der Waals surface area (Å²) in [5, 5.41) is 3.32. The molecule has 1 aromatic carbocycles. The average Bonchev–Trinajstić information content (AvgIpc) is 3.03. The summed E-state index contributed by atoms with van der Waals surface area (Å²) in [6, 6.07) is 16.3. The standard InChI is InChI=1S/C18H14ClN3S/c19-18-21-10-15-16(13-6-2-1-3-7-13)12-23-17(15)22(18)11-14-8-4-5-9-20-14/h1-10,12,18H,11H2. The number of aliphatic imine (C=N–C) groups is 1. The Hall–Kier alpha value is -2.17. The lowest BCUT2D eigenvalue weighted by atomic mass is 10.0. The maximum absolute atomic E-state index is 6.42. The molecule has 0 bridgehead atoms. The Morgan fingerprint density at radius 2 is 1.91 bits per heavy atom. The molecule has 2 aromatic heterocycles. The van der Waals surface area contributed by atoms with Crippen molar-refractivity contribution in [2.24, 2.45) is 4.99 Å². The number of rotatable bonds is 3. The van der Waals surface area contributed by atoms with E-state index in [4.69, 9.17) is 11.6 Å². The van der Waals surface area contributed by atoms with Crippen LogP contribution in [0, 0.1) is 0 Å². The fraction of sp³-hybridized carbons (Fsp3) is 0.111. The lowest BCUT2D eigenvalue weighted by Gasteiger charge is -2.29. The van der Waals surface area contributed by atoms with Gasteiger partial charge >= 0.3 is 0 Å². The van der Waals surface area contributed by atoms with Gasteiger partial charge in [-0.25, -0.2) is 0 Å². The smallest absolute Gasteiger partial charge is 0.198 e. The molecule has 0 saturated carbocycles. The molecule has 3 heterocycles. The van der Waals surface area contributed by atoms with E-state index in [1.54, 1.807) is 17.5 Å². The lowest BCUT2D eigenvalue weighted by Crippen LogP contribution is -2.32. The van der Waals surface area contributed by atoms with Crippen molar-refractivity contribution in [3.63, 3.8) is 0 Å². The molecule has 0 aliphatic carbocycles. The Morgan fingerprint density at radius 3 is 2.70 bits per heavy atom. The second kappa shape index (κ2) is 6.14. The van der Waals surface area contributed by atoms with Crippen LogP contribution in [-0.4, -0.2) is 16.8 Å². The molecule has 0 saturated heterocycles. The van der Waals surface area contributed by atoms with E-state index in [1.165, 1.54) is 11.1 Å². The highest BCUT2D eigenvalue weighted by atomic mass is 35.5. The van der Waals surface area contributed by atoms with Crippen molar-refractivity contribution in [1.82, 2.24) is 4.98 Å². The molecule has 1 aliphatic rings. The van der Waals surface area contributed by atoms with Crippen LogP contribution in [0.25, 0.3) is 11.1 Å². The monoisotopic (exact) mass is 339 g/mol. The van der Waals surface area contributed by atoms with E-state index in [0.29, 0.717) is 6.54 Å². The average molecular weight is 340 g/mol.